The molecule has 1 aliphatic rings. The van der Waals surface area contributed by atoms with E-state index in [4.69, 9.17) is 9.47 Å². The zero-order valence-electron chi connectivity index (χ0n) is 9.69. The van der Waals surface area contributed by atoms with Gasteiger partial charge in [0.15, 0.2) is 6.29 Å². The van der Waals surface area contributed by atoms with Gasteiger partial charge in [-0.25, -0.2) is 0 Å². The van der Waals surface area contributed by atoms with E-state index in [0.29, 0.717) is 6.61 Å². The van der Waals surface area contributed by atoms with E-state index < -0.39 is 0 Å². The molecule has 0 radical (unpaired) electrons. The van der Waals surface area contributed by atoms with Gasteiger partial charge < -0.3 is 9.47 Å². The highest BCUT2D eigenvalue weighted by Crippen LogP contribution is 2.22. The maximum atomic E-state index is 5.56. The van der Waals surface area contributed by atoms with E-state index in [0.717, 1.165) is 19.4 Å². The molecule has 0 spiro atoms. The third-order valence-electron chi connectivity index (χ3n) is 2.56. The van der Waals surface area contributed by atoms with E-state index in [1.807, 2.05) is 18.2 Å². The lowest BCUT2D eigenvalue weighted by molar-refractivity contribution is -0.110. The fourth-order valence-corrected chi connectivity index (χ4v) is 1.77. The van der Waals surface area contributed by atoms with Crippen LogP contribution in [-0.2, 0) is 9.47 Å². The molecule has 0 aliphatic carbocycles. The lowest BCUT2D eigenvalue weighted by Crippen LogP contribution is -2.10. The summed E-state index contributed by atoms with van der Waals surface area (Å²) in [5.74, 6) is 0. The molecule has 0 amide bonds. The highest BCUT2D eigenvalue weighted by Gasteiger charge is 2.19. The number of hydrogen-bond donors (Lipinski definition) is 0. The molecule has 86 valence electrons. The Balaban J connectivity index is 1.91. The molecule has 2 nitrogen and oxygen atoms in total. The molecular formula is C14H18O2. The highest BCUT2D eigenvalue weighted by molar-refractivity contribution is 5.53. The Morgan fingerprint density at radius 3 is 2.94 bits per heavy atom. The van der Waals surface area contributed by atoms with Crippen LogP contribution in [0.5, 0.6) is 0 Å². The van der Waals surface area contributed by atoms with E-state index in [1.165, 1.54) is 11.1 Å². The van der Waals surface area contributed by atoms with E-state index in [-0.39, 0.29) is 6.29 Å². The van der Waals surface area contributed by atoms with Crippen molar-refractivity contribution in [2.45, 2.75) is 26.1 Å². The van der Waals surface area contributed by atoms with Gasteiger partial charge in [-0.2, -0.15) is 0 Å². The SMILES string of the molecule is CCCO[C@H]1C/C(=C/c2ccccc2)CO1. The first-order valence-corrected chi connectivity index (χ1v) is 5.86. The van der Waals surface area contributed by atoms with Crippen LogP contribution in [0.25, 0.3) is 6.08 Å². The Morgan fingerprint density at radius 2 is 2.19 bits per heavy atom. The Kier molecular flexibility index (Phi) is 4.14. The molecule has 16 heavy (non-hydrogen) atoms. The van der Waals surface area contributed by atoms with Crippen molar-refractivity contribution in [3.8, 4) is 0 Å². The average Bonchev–Trinajstić information content (AvgIpc) is 2.75. The quantitative estimate of drug-likeness (QED) is 0.772. The minimum Gasteiger partial charge on any atom is -0.352 e. The molecule has 0 N–H and O–H groups in total. The van der Waals surface area contributed by atoms with Gasteiger partial charge >= 0.3 is 0 Å². The molecule has 1 atom stereocenters. The van der Waals surface area contributed by atoms with Gasteiger partial charge in [0.1, 0.15) is 0 Å². The maximum Gasteiger partial charge on any atom is 0.161 e. The van der Waals surface area contributed by atoms with Gasteiger partial charge in [0.25, 0.3) is 0 Å². The number of rotatable bonds is 4. The van der Waals surface area contributed by atoms with Gasteiger partial charge in [-0.15, -0.1) is 0 Å². The summed E-state index contributed by atoms with van der Waals surface area (Å²) >= 11 is 0. The summed E-state index contributed by atoms with van der Waals surface area (Å²) in [5.41, 5.74) is 2.55. The molecular weight excluding hydrogens is 200 g/mol. The van der Waals surface area contributed by atoms with Crippen LogP contribution in [0.4, 0.5) is 0 Å². The van der Waals surface area contributed by atoms with Gasteiger partial charge in [0.2, 0.25) is 0 Å². The van der Waals surface area contributed by atoms with E-state index in [9.17, 15) is 0 Å². The predicted octanol–water partition coefficient (Wildman–Crippen LogP) is 3.24. The topological polar surface area (TPSA) is 18.5 Å². The van der Waals surface area contributed by atoms with Crippen molar-refractivity contribution in [3.05, 3.63) is 41.5 Å². The second-order valence-electron chi connectivity index (χ2n) is 4.03. The lowest BCUT2D eigenvalue weighted by atomic mass is 10.1. The highest BCUT2D eigenvalue weighted by atomic mass is 16.7. The van der Waals surface area contributed by atoms with Gasteiger partial charge in [-0.1, -0.05) is 43.3 Å². The van der Waals surface area contributed by atoms with Crippen LogP contribution in [0.2, 0.25) is 0 Å². The van der Waals surface area contributed by atoms with Gasteiger partial charge in [-0.05, 0) is 17.6 Å². The summed E-state index contributed by atoms with van der Waals surface area (Å²) in [6, 6.07) is 10.3. The Labute approximate surface area is 96.9 Å². The summed E-state index contributed by atoms with van der Waals surface area (Å²) in [6.07, 6.45) is 4.09. The standard InChI is InChI=1S/C14H18O2/c1-2-8-15-14-10-13(11-16-14)9-12-6-4-3-5-7-12/h3-7,9,14H,2,8,10-11H2,1H3/b13-9-/t14-/m1/s1. The van der Waals surface area contributed by atoms with Gasteiger partial charge in [-0.3, -0.25) is 0 Å². The second-order valence-corrected chi connectivity index (χ2v) is 4.03. The average molecular weight is 218 g/mol. The van der Waals surface area contributed by atoms with Crippen LogP contribution in [-0.4, -0.2) is 19.5 Å². The van der Waals surface area contributed by atoms with E-state index in [2.05, 4.69) is 25.1 Å². The number of hydrogen-bond acceptors (Lipinski definition) is 2. The van der Waals surface area contributed by atoms with Crippen LogP contribution in [0.15, 0.2) is 35.9 Å². The number of ether oxygens (including phenoxy) is 2. The first-order chi connectivity index (χ1) is 7.88. The summed E-state index contributed by atoms with van der Waals surface area (Å²) in [6.45, 7) is 3.59. The lowest BCUT2D eigenvalue weighted by Gasteiger charge is -2.08. The minimum atomic E-state index is -0.0325. The summed E-state index contributed by atoms with van der Waals surface area (Å²) < 4.78 is 11.1. The smallest absolute Gasteiger partial charge is 0.161 e. The summed E-state index contributed by atoms with van der Waals surface area (Å²) in [7, 11) is 0. The normalized spacial score (nSPS) is 22.8. The van der Waals surface area contributed by atoms with Crippen molar-refractivity contribution in [2.75, 3.05) is 13.2 Å². The monoisotopic (exact) mass is 218 g/mol. The van der Waals surface area contributed by atoms with Gasteiger partial charge in [0.05, 0.1) is 6.61 Å². The summed E-state index contributed by atoms with van der Waals surface area (Å²) in [5, 5.41) is 0. The molecule has 2 heteroatoms. The molecule has 1 aromatic rings. The van der Waals surface area contributed by atoms with Crippen LogP contribution >= 0.6 is 0 Å². The molecule has 1 aliphatic heterocycles. The molecule has 0 bridgehead atoms. The van der Waals surface area contributed by atoms with Crippen LogP contribution in [0.3, 0.4) is 0 Å². The van der Waals surface area contributed by atoms with Crippen molar-refractivity contribution in [1.29, 1.82) is 0 Å². The maximum absolute atomic E-state index is 5.56. The predicted molar refractivity (Wildman–Crippen MR) is 65.0 cm³/mol. The molecule has 1 aromatic carbocycles. The molecule has 1 heterocycles. The van der Waals surface area contributed by atoms with Crippen LogP contribution < -0.4 is 0 Å². The molecule has 1 saturated heterocycles. The van der Waals surface area contributed by atoms with E-state index in [1.54, 1.807) is 0 Å². The zero-order chi connectivity index (χ0) is 11.2. The van der Waals surface area contributed by atoms with Crippen LogP contribution in [0, 0.1) is 0 Å². The Bertz CT molecular complexity index is 343. The molecule has 2 rings (SSSR count). The minimum absolute atomic E-state index is 0.0325. The second kappa shape index (κ2) is 5.83. The van der Waals surface area contributed by atoms with Crippen molar-refractivity contribution in [1.82, 2.24) is 0 Å². The van der Waals surface area contributed by atoms with Crippen molar-refractivity contribution >= 4 is 6.08 Å². The summed E-state index contributed by atoms with van der Waals surface area (Å²) in [4.78, 5) is 0. The van der Waals surface area contributed by atoms with Crippen molar-refractivity contribution in [3.63, 3.8) is 0 Å². The third kappa shape index (κ3) is 3.19. The van der Waals surface area contributed by atoms with Crippen molar-refractivity contribution < 1.29 is 9.47 Å². The fourth-order valence-electron chi connectivity index (χ4n) is 1.77. The largest absolute Gasteiger partial charge is 0.352 e. The third-order valence-corrected chi connectivity index (χ3v) is 2.56. The van der Waals surface area contributed by atoms with Gasteiger partial charge in [0, 0.05) is 13.0 Å². The Hall–Kier alpha value is -1.12. The first-order valence-electron chi connectivity index (χ1n) is 5.86. The molecule has 0 unspecified atom stereocenters. The van der Waals surface area contributed by atoms with Crippen molar-refractivity contribution in [2.24, 2.45) is 0 Å². The molecule has 0 saturated carbocycles. The molecule has 0 aromatic heterocycles. The number of benzene rings is 1. The fraction of sp³-hybridized carbons (Fsp3) is 0.429. The molecule has 1 fully saturated rings. The van der Waals surface area contributed by atoms with E-state index >= 15 is 0 Å². The first kappa shape index (κ1) is 11.4. The van der Waals surface area contributed by atoms with Crippen LogP contribution in [0.1, 0.15) is 25.3 Å². The Morgan fingerprint density at radius 1 is 1.38 bits per heavy atom. The zero-order valence-corrected chi connectivity index (χ0v) is 9.69.